The number of nitrogens with zero attached hydrogens (tertiary/aromatic N) is 3. The molecule has 1 aromatic heterocycles. The molecule has 1 aliphatic heterocycles. The first kappa shape index (κ1) is 15.3. The maximum absolute atomic E-state index is 11.9. The highest BCUT2D eigenvalue weighted by molar-refractivity contribution is 5.75. The van der Waals surface area contributed by atoms with E-state index in [0.29, 0.717) is 13.0 Å². The lowest BCUT2D eigenvalue weighted by Crippen LogP contribution is -2.25. The van der Waals surface area contributed by atoms with Crippen molar-refractivity contribution in [2.24, 2.45) is 5.92 Å². The summed E-state index contributed by atoms with van der Waals surface area (Å²) in [5.74, 6) is 1.72. The first-order valence-corrected chi connectivity index (χ1v) is 8.65. The molecule has 1 saturated carbocycles. The van der Waals surface area contributed by atoms with E-state index in [1.165, 1.54) is 38.5 Å². The SMILES string of the molecule is O=C(CCC1CCCC1)NCc1ccnc(N2CCCC2)n1. The van der Waals surface area contributed by atoms with Gasteiger partial charge in [0, 0.05) is 25.7 Å². The molecule has 1 saturated heterocycles. The number of anilines is 1. The van der Waals surface area contributed by atoms with Crippen molar-refractivity contribution in [3.05, 3.63) is 18.0 Å². The van der Waals surface area contributed by atoms with Gasteiger partial charge in [0.25, 0.3) is 0 Å². The molecule has 0 atom stereocenters. The Morgan fingerprint density at radius 1 is 1.23 bits per heavy atom. The molecule has 3 rings (SSSR count). The minimum absolute atomic E-state index is 0.147. The Bertz CT molecular complexity index is 493. The van der Waals surface area contributed by atoms with Gasteiger partial charge in [-0.25, -0.2) is 9.97 Å². The van der Waals surface area contributed by atoms with Crippen LogP contribution < -0.4 is 10.2 Å². The Morgan fingerprint density at radius 2 is 2.00 bits per heavy atom. The van der Waals surface area contributed by atoms with E-state index in [-0.39, 0.29) is 5.91 Å². The third-order valence-corrected chi connectivity index (χ3v) is 4.81. The van der Waals surface area contributed by atoms with E-state index in [1.54, 1.807) is 6.20 Å². The van der Waals surface area contributed by atoms with Gasteiger partial charge in [-0.3, -0.25) is 4.79 Å². The average molecular weight is 302 g/mol. The Kier molecular flexibility index (Phi) is 5.24. The number of amides is 1. The minimum atomic E-state index is 0.147. The van der Waals surface area contributed by atoms with E-state index in [1.807, 2.05) is 6.07 Å². The van der Waals surface area contributed by atoms with Crippen molar-refractivity contribution in [2.45, 2.75) is 57.9 Å². The molecule has 0 bridgehead atoms. The quantitative estimate of drug-likeness (QED) is 0.877. The lowest BCUT2D eigenvalue weighted by atomic mass is 10.0. The third kappa shape index (κ3) is 4.18. The van der Waals surface area contributed by atoms with Gasteiger partial charge in [0.05, 0.1) is 12.2 Å². The summed E-state index contributed by atoms with van der Waals surface area (Å²) in [6, 6.07) is 1.89. The maximum atomic E-state index is 11.9. The number of rotatable bonds is 6. The van der Waals surface area contributed by atoms with Crippen LogP contribution in [-0.4, -0.2) is 29.0 Å². The minimum Gasteiger partial charge on any atom is -0.350 e. The summed E-state index contributed by atoms with van der Waals surface area (Å²) in [6.07, 6.45) is 11.2. The van der Waals surface area contributed by atoms with Gasteiger partial charge in [0.2, 0.25) is 11.9 Å². The molecule has 1 amide bonds. The van der Waals surface area contributed by atoms with Gasteiger partial charge < -0.3 is 10.2 Å². The molecule has 2 fully saturated rings. The molecule has 1 aromatic rings. The molecule has 0 radical (unpaired) electrons. The summed E-state index contributed by atoms with van der Waals surface area (Å²) in [5, 5.41) is 2.99. The predicted molar refractivity (Wildman–Crippen MR) is 86.5 cm³/mol. The van der Waals surface area contributed by atoms with Gasteiger partial charge in [-0.1, -0.05) is 25.7 Å². The molecule has 120 valence electrons. The second-order valence-electron chi connectivity index (χ2n) is 6.51. The van der Waals surface area contributed by atoms with E-state index in [9.17, 15) is 4.79 Å². The van der Waals surface area contributed by atoms with Crippen LogP contribution in [0.25, 0.3) is 0 Å². The van der Waals surface area contributed by atoms with E-state index in [4.69, 9.17) is 0 Å². The molecule has 5 nitrogen and oxygen atoms in total. The highest BCUT2D eigenvalue weighted by Crippen LogP contribution is 2.28. The normalized spacial score (nSPS) is 18.8. The number of nitrogens with one attached hydrogen (secondary N) is 1. The summed E-state index contributed by atoms with van der Waals surface area (Å²) in [6.45, 7) is 2.58. The topological polar surface area (TPSA) is 58.1 Å². The smallest absolute Gasteiger partial charge is 0.225 e. The molecule has 0 spiro atoms. The van der Waals surface area contributed by atoms with Gasteiger partial charge in [0.15, 0.2) is 0 Å². The van der Waals surface area contributed by atoms with Crippen molar-refractivity contribution >= 4 is 11.9 Å². The Balaban J connectivity index is 1.44. The molecule has 22 heavy (non-hydrogen) atoms. The second-order valence-corrected chi connectivity index (χ2v) is 6.51. The van der Waals surface area contributed by atoms with Crippen molar-refractivity contribution < 1.29 is 4.79 Å². The Morgan fingerprint density at radius 3 is 2.77 bits per heavy atom. The van der Waals surface area contributed by atoms with Gasteiger partial charge in [0.1, 0.15) is 0 Å². The largest absolute Gasteiger partial charge is 0.350 e. The molecular weight excluding hydrogens is 276 g/mol. The monoisotopic (exact) mass is 302 g/mol. The highest BCUT2D eigenvalue weighted by atomic mass is 16.1. The number of hydrogen-bond acceptors (Lipinski definition) is 4. The van der Waals surface area contributed by atoms with Crippen molar-refractivity contribution in [1.29, 1.82) is 0 Å². The van der Waals surface area contributed by atoms with Gasteiger partial charge >= 0.3 is 0 Å². The third-order valence-electron chi connectivity index (χ3n) is 4.81. The molecule has 2 aliphatic rings. The lowest BCUT2D eigenvalue weighted by Gasteiger charge is -2.15. The van der Waals surface area contributed by atoms with Crippen LogP contribution in [-0.2, 0) is 11.3 Å². The van der Waals surface area contributed by atoms with E-state index in [0.717, 1.165) is 37.1 Å². The summed E-state index contributed by atoms with van der Waals surface area (Å²) >= 11 is 0. The van der Waals surface area contributed by atoms with Crippen LogP contribution in [0.4, 0.5) is 5.95 Å². The fourth-order valence-electron chi connectivity index (χ4n) is 3.46. The highest BCUT2D eigenvalue weighted by Gasteiger charge is 2.17. The molecule has 0 aromatic carbocycles. The zero-order valence-electron chi connectivity index (χ0n) is 13.3. The van der Waals surface area contributed by atoms with E-state index in [2.05, 4.69) is 20.2 Å². The summed E-state index contributed by atoms with van der Waals surface area (Å²) in [5.41, 5.74) is 0.895. The Labute approximate surface area is 132 Å². The van der Waals surface area contributed by atoms with E-state index >= 15 is 0 Å². The zero-order valence-corrected chi connectivity index (χ0v) is 13.3. The fourth-order valence-corrected chi connectivity index (χ4v) is 3.46. The molecule has 0 unspecified atom stereocenters. The molecule has 1 aliphatic carbocycles. The molecule has 2 heterocycles. The fraction of sp³-hybridized carbons (Fsp3) is 0.706. The molecule has 5 heteroatoms. The van der Waals surface area contributed by atoms with Crippen molar-refractivity contribution in [1.82, 2.24) is 15.3 Å². The number of carbonyl (C=O) groups is 1. The van der Waals surface area contributed by atoms with Crippen LogP contribution in [0.3, 0.4) is 0 Å². The van der Waals surface area contributed by atoms with Crippen molar-refractivity contribution in [3.8, 4) is 0 Å². The van der Waals surface area contributed by atoms with Crippen LogP contribution in [0.5, 0.6) is 0 Å². The standard InChI is InChI=1S/C17H26N4O/c22-16(8-7-14-5-1-2-6-14)19-13-15-9-10-18-17(20-15)21-11-3-4-12-21/h9-10,14H,1-8,11-13H2,(H,19,22). The first-order chi connectivity index (χ1) is 10.8. The van der Waals surface area contributed by atoms with E-state index < -0.39 is 0 Å². The Hall–Kier alpha value is -1.65. The number of aromatic nitrogens is 2. The number of hydrogen-bond donors (Lipinski definition) is 1. The average Bonchev–Trinajstić information content (AvgIpc) is 3.24. The van der Waals surface area contributed by atoms with Gasteiger partial charge in [-0.15, -0.1) is 0 Å². The van der Waals surface area contributed by atoms with Crippen molar-refractivity contribution in [2.75, 3.05) is 18.0 Å². The molecular formula is C17H26N4O. The van der Waals surface area contributed by atoms with Crippen molar-refractivity contribution in [3.63, 3.8) is 0 Å². The van der Waals surface area contributed by atoms with Crippen LogP contribution in [0.1, 0.15) is 57.1 Å². The lowest BCUT2D eigenvalue weighted by molar-refractivity contribution is -0.121. The van der Waals surface area contributed by atoms with Gasteiger partial charge in [-0.05, 0) is 31.2 Å². The van der Waals surface area contributed by atoms with Crippen LogP contribution in [0.2, 0.25) is 0 Å². The predicted octanol–water partition coefficient (Wildman–Crippen LogP) is 2.66. The number of carbonyl (C=O) groups excluding carboxylic acids is 1. The van der Waals surface area contributed by atoms with Crippen LogP contribution >= 0.6 is 0 Å². The van der Waals surface area contributed by atoms with Crippen LogP contribution in [0.15, 0.2) is 12.3 Å². The van der Waals surface area contributed by atoms with Crippen LogP contribution in [0, 0.1) is 5.92 Å². The van der Waals surface area contributed by atoms with Gasteiger partial charge in [-0.2, -0.15) is 0 Å². The zero-order chi connectivity index (χ0) is 15.2. The first-order valence-electron chi connectivity index (χ1n) is 8.65. The maximum Gasteiger partial charge on any atom is 0.225 e. The summed E-state index contributed by atoms with van der Waals surface area (Å²) < 4.78 is 0. The summed E-state index contributed by atoms with van der Waals surface area (Å²) in [4.78, 5) is 23.1. The molecule has 1 N–H and O–H groups in total. The summed E-state index contributed by atoms with van der Waals surface area (Å²) in [7, 11) is 0. The second kappa shape index (κ2) is 7.56.